The van der Waals surface area contributed by atoms with E-state index in [0.717, 1.165) is 25.1 Å². The van der Waals surface area contributed by atoms with E-state index in [4.69, 9.17) is 0 Å². The third-order valence-corrected chi connectivity index (χ3v) is 8.40. The topological polar surface area (TPSA) is 74.6 Å². The van der Waals surface area contributed by atoms with Crippen LogP contribution < -0.4 is 10.9 Å². The van der Waals surface area contributed by atoms with Gasteiger partial charge in [0.25, 0.3) is 5.56 Å². The van der Waals surface area contributed by atoms with Gasteiger partial charge >= 0.3 is 0 Å². The van der Waals surface area contributed by atoms with Crippen LogP contribution in [0.5, 0.6) is 0 Å². The summed E-state index contributed by atoms with van der Waals surface area (Å²) >= 11 is 0. The van der Waals surface area contributed by atoms with Crippen LogP contribution in [0, 0.1) is 17.8 Å². The highest BCUT2D eigenvalue weighted by molar-refractivity contribution is 5.83. The zero-order chi connectivity index (χ0) is 23.4. The van der Waals surface area contributed by atoms with Crippen molar-refractivity contribution in [1.29, 1.82) is 0 Å². The van der Waals surface area contributed by atoms with Crippen LogP contribution in [0.15, 0.2) is 47.3 Å². The number of nitrogens with zero attached hydrogens (tertiary/aromatic N) is 2. The minimum Gasteiger partial charge on any atom is -0.396 e. The first-order valence-corrected chi connectivity index (χ1v) is 12.7. The number of rotatable bonds is 6. The molecule has 4 atom stereocenters. The van der Waals surface area contributed by atoms with Gasteiger partial charge in [-0.05, 0) is 61.8 Å². The van der Waals surface area contributed by atoms with E-state index in [0.29, 0.717) is 18.0 Å². The molecule has 1 amide bonds. The van der Waals surface area contributed by atoms with E-state index in [2.05, 4.69) is 40.5 Å². The fourth-order valence-corrected chi connectivity index (χ4v) is 6.68. The van der Waals surface area contributed by atoms with Crippen LogP contribution in [0.4, 0.5) is 0 Å². The number of likely N-dealkylation sites (tertiary alicyclic amines) is 1. The van der Waals surface area contributed by atoms with Gasteiger partial charge in [-0.3, -0.25) is 14.5 Å². The Morgan fingerprint density at radius 1 is 1.15 bits per heavy atom. The zero-order valence-electron chi connectivity index (χ0n) is 19.7. The molecule has 1 saturated heterocycles. The van der Waals surface area contributed by atoms with Gasteiger partial charge in [0.05, 0.1) is 12.1 Å². The number of pyridine rings is 1. The summed E-state index contributed by atoms with van der Waals surface area (Å²) in [6.45, 7) is 3.29. The van der Waals surface area contributed by atoms with Gasteiger partial charge in [-0.25, -0.2) is 0 Å². The summed E-state index contributed by atoms with van der Waals surface area (Å²) in [6, 6.07) is 12.1. The van der Waals surface area contributed by atoms with Gasteiger partial charge in [-0.1, -0.05) is 36.4 Å². The van der Waals surface area contributed by atoms with Crippen molar-refractivity contribution in [3.05, 3.63) is 75.2 Å². The lowest BCUT2D eigenvalue weighted by Gasteiger charge is -2.31. The minimum absolute atomic E-state index is 0.00151. The van der Waals surface area contributed by atoms with Gasteiger partial charge in [0.2, 0.25) is 5.91 Å². The van der Waals surface area contributed by atoms with Crippen molar-refractivity contribution in [3.63, 3.8) is 0 Å². The first-order chi connectivity index (χ1) is 16.6. The number of hydrogen-bond donors (Lipinski definition) is 2. The van der Waals surface area contributed by atoms with Crippen molar-refractivity contribution in [2.75, 3.05) is 13.2 Å². The molecule has 1 aromatic heterocycles. The molecule has 2 aromatic rings. The van der Waals surface area contributed by atoms with Crippen molar-refractivity contribution < 1.29 is 9.90 Å². The van der Waals surface area contributed by atoms with Crippen LogP contribution in [0.1, 0.15) is 48.2 Å². The zero-order valence-corrected chi connectivity index (χ0v) is 19.7. The van der Waals surface area contributed by atoms with Crippen LogP contribution in [0.3, 0.4) is 0 Å². The molecule has 6 nitrogen and oxygen atoms in total. The molecule has 6 rings (SSSR count). The summed E-state index contributed by atoms with van der Waals surface area (Å²) in [4.78, 5) is 29.2. The van der Waals surface area contributed by atoms with Crippen LogP contribution in [0.2, 0.25) is 0 Å². The largest absolute Gasteiger partial charge is 0.396 e. The molecule has 0 radical (unpaired) electrons. The SMILES string of the molecule is C/C=C\c1ccc2n(c1=O)C[C@H]1[C@H](CO)[C@@H](C(=O)NC3Cc4ccccc4C3)N(CC3CC3)[C@@H]21. The molecule has 3 heterocycles. The van der Waals surface area contributed by atoms with Gasteiger partial charge < -0.3 is 15.0 Å². The van der Waals surface area contributed by atoms with Crippen LogP contribution in [0.25, 0.3) is 6.08 Å². The molecular weight excluding hydrogens is 426 g/mol. The van der Waals surface area contributed by atoms with Crippen LogP contribution in [-0.4, -0.2) is 45.7 Å². The Morgan fingerprint density at radius 3 is 2.53 bits per heavy atom. The number of carbonyl (C=O) groups is 1. The maximum atomic E-state index is 13.7. The van der Waals surface area contributed by atoms with Crippen LogP contribution in [-0.2, 0) is 24.2 Å². The van der Waals surface area contributed by atoms with E-state index >= 15 is 0 Å². The molecule has 6 heteroatoms. The van der Waals surface area contributed by atoms with E-state index in [-0.39, 0.29) is 48.0 Å². The maximum absolute atomic E-state index is 13.7. The van der Waals surface area contributed by atoms with Gasteiger partial charge in [-0.15, -0.1) is 0 Å². The summed E-state index contributed by atoms with van der Waals surface area (Å²) in [5, 5.41) is 13.8. The third-order valence-electron chi connectivity index (χ3n) is 8.40. The molecule has 0 bridgehead atoms. The number of benzene rings is 1. The smallest absolute Gasteiger partial charge is 0.258 e. The monoisotopic (exact) mass is 459 g/mol. The second-order valence-electron chi connectivity index (χ2n) is 10.6. The molecule has 0 unspecified atom stereocenters. The normalized spacial score (nSPS) is 28.3. The van der Waals surface area contributed by atoms with Gasteiger partial charge in [-0.2, -0.15) is 0 Å². The third kappa shape index (κ3) is 3.55. The highest BCUT2D eigenvalue weighted by atomic mass is 16.3. The minimum atomic E-state index is -0.358. The lowest BCUT2D eigenvalue weighted by molar-refractivity contribution is -0.128. The Kier molecular flexibility index (Phi) is 5.46. The molecule has 2 N–H and O–H groups in total. The van der Waals surface area contributed by atoms with E-state index in [1.54, 1.807) is 0 Å². The van der Waals surface area contributed by atoms with E-state index in [9.17, 15) is 14.7 Å². The summed E-state index contributed by atoms with van der Waals surface area (Å²) in [5.74, 6) is 0.518. The standard InChI is InChI=1S/C28H33N3O3/c1-2-5-18-10-11-24-25-22(15-30(24)28(18)34)23(16-32)26(31(25)14-17-8-9-17)27(33)29-21-12-19-6-3-4-7-20(19)13-21/h2-7,10-11,17,21-23,25-26,32H,8-9,12-16H2,1H3,(H,29,33)/b5-2-/t22-,23-,25+,26-/m0/s1. The van der Waals surface area contributed by atoms with E-state index < -0.39 is 0 Å². The second-order valence-corrected chi connectivity index (χ2v) is 10.6. The molecule has 2 aliphatic heterocycles. The molecule has 1 aromatic carbocycles. The predicted molar refractivity (Wildman–Crippen MR) is 131 cm³/mol. The fraction of sp³-hybridized carbons (Fsp3) is 0.500. The van der Waals surface area contributed by atoms with E-state index in [1.807, 2.05) is 29.7 Å². The lowest BCUT2D eigenvalue weighted by atomic mass is 9.88. The molecule has 34 heavy (non-hydrogen) atoms. The quantitative estimate of drug-likeness (QED) is 0.696. The van der Waals surface area contributed by atoms with Gasteiger partial charge in [0.1, 0.15) is 0 Å². The van der Waals surface area contributed by atoms with Crippen molar-refractivity contribution in [2.24, 2.45) is 17.8 Å². The summed E-state index contributed by atoms with van der Waals surface area (Å²) in [5.41, 5.74) is 4.34. The molecule has 4 aliphatic rings. The van der Waals surface area contributed by atoms with Crippen LogP contribution >= 0.6 is 0 Å². The number of carbonyl (C=O) groups excluding carboxylic acids is 1. The van der Waals surface area contributed by atoms with Crippen molar-refractivity contribution >= 4 is 12.0 Å². The lowest BCUT2D eigenvalue weighted by Crippen LogP contribution is -2.51. The highest BCUT2D eigenvalue weighted by Gasteiger charge is 2.56. The maximum Gasteiger partial charge on any atom is 0.258 e. The Labute approximate surface area is 200 Å². The first-order valence-electron chi connectivity index (χ1n) is 12.7. The fourth-order valence-electron chi connectivity index (χ4n) is 6.68. The number of aromatic nitrogens is 1. The number of hydrogen-bond acceptors (Lipinski definition) is 4. The van der Waals surface area contributed by atoms with Crippen molar-refractivity contribution in [3.8, 4) is 0 Å². The number of fused-ring (bicyclic) bond motifs is 4. The van der Waals surface area contributed by atoms with Gasteiger partial charge in [0.15, 0.2) is 0 Å². The Morgan fingerprint density at radius 2 is 1.88 bits per heavy atom. The number of allylic oxidation sites excluding steroid dienone is 1. The molecule has 2 aliphatic carbocycles. The average Bonchev–Trinajstić information content (AvgIpc) is 3.30. The molecule has 0 spiro atoms. The summed E-state index contributed by atoms with van der Waals surface area (Å²) in [7, 11) is 0. The van der Waals surface area contributed by atoms with E-state index in [1.165, 1.54) is 24.0 Å². The second kappa shape index (κ2) is 8.51. The number of nitrogens with one attached hydrogen (secondary N) is 1. The van der Waals surface area contributed by atoms with Gasteiger partial charge in [0, 0.05) is 48.8 Å². The molecular formula is C28H33N3O3. The Bertz CT molecular complexity index is 1170. The first kappa shape index (κ1) is 21.8. The Balaban J connectivity index is 1.30. The Hall–Kier alpha value is -2.70. The number of aliphatic hydroxyl groups is 1. The summed E-state index contributed by atoms with van der Waals surface area (Å²) in [6.07, 6.45) is 7.84. The molecule has 178 valence electrons. The summed E-state index contributed by atoms with van der Waals surface area (Å²) < 4.78 is 1.88. The van der Waals surface area contributed by atoms with Crippen molar-refractivity contribution in [1.82, 2.24) is 14.8 Å². The average molecular weight is 460 g/mol. The number of aliphatic hydroxyl groups excluding tert-OH is 1. The highest BCUT2D eigenvalue weighted by Crippen LogP contribution is 2.50. The van der Waals surface area contributed by atoms with Crippen molar-refractivity contribution in [2.45, 2.75) is 57.3 Å². The number of amides is 1. The predicted octanol–water partition coefficient (Wildman–Crippen LogP) is 2.54. The molecule has 1 saturated carbocycles. The molecule has 2 fully saturated rings.